The van der Waals surface area contributed by atoms with Crippen molar-refractivity contribution in [1.29, 1.82) is 5.26 Å². The Kier molecular flexibility index (Phi) is 5.97. The minimum atomic E-state index is -1.06. The third kappa shape index (κ3) is 4.45. The molecule has 1 heterocycles. The van der Waals surface area contributed by atoms with Gasteiger partial charge >= 0.3 is 5.97 Å². The van der Waals surface area contributed by atoms with E-state index >= 15 is 0 Å². The van der Waals surface area contributed by atoms with Gasteiger partial charge in [-0.15, -0.1) is 0 Å². The van der Waals surface area contributed by atoms with Crippen LogP contribution in [0.2, 0.25) is 0 Å². The number of esters is 1. The number of imide groups is 1. The summed E-state index contributed by atoms with van der Waals surface area (Å²) in [6.07, 6.45) is 3.26. The Bertz CT molecular complexity index is 849. The van der Waals surface area contributed by atoms with Gasteiger partial charge in [-0.1, -0.05) is 19.3 Å². The van der Waals surface area contributed by atoms with Crippen LogP contribution in [-0.2, 0) is 19.1 Å². The summed E-state index contributed by atoms with van der Waals surface area (Å²) in [5.41, 5.74) is -0.305. The van der Waals surface area contributed by atoms with E-state index in [0.29, 0.717) is 18.5 Å². The highest BCUT2D eigenvalue weighted by molar-refractivity contribution is 6.19. The van der Waals surface area contributed by atoms with Gasteiger partial charge in [-0.2, -0.15) is 5.26 Å². The molecule has 1 saturated heterocycles. The number of amides is 3. The molecule has 0 aromatic heterocycles. The molecule has 29 heavy (non-hydrogen) atoms. The molecule has 0 radical (unpaired) electrons. The van der Waals surface area contributed by atoms with Gasteiger partial charge in [0.1, 0.15) is 5.54 Å². The van der Waals surface area contributed by atoms with Gasteiger partial charge in [0, 0.05) is 12.8 Å². The molecule has 8 heteroatoms. The fourth-order valence-corrected chi connectivity index (χ4v) is 3.65. The van der Waals surface area contributed by atoms with E-state index in [9.17, 15) is 24.4 Å². The maximum absolute atomic E-state index is 12.4. The predicted octanol–water partition coefficient (Wildman–Crippen LogP) is 2.23. The third-order valence-corrected chi connectivity index (χ3v) is 5.35. The molecule has 0 spiro atoms. The molecular weight excluding hydrogens is 374 g/mol. The zero-order valence-corrected chi connectivity index (χ0v) is 16.3. The van der Waals surface area contributed by atoms with Crippen LogP contribution >= 0.6 is 0 Å². The second kappa shape index (κ2) is 8.43. The number of carbonyl (C=O) groups excluding carboxylic acids is 4. The average Bonchev–Trinajstić information content (AvgIpc) is 3.06. The number of anilines is 1. The molecule has 8 nitrogen and oxygen atoms in total. The lowest BCUT2D eigenvalue weighted by atomic mass is 9.83. The predicted molar refractivity (Wildman–Crippen MR) is 103 cm³/mol. The van der Waals surface area contributed by atoms with Crippen molar-refractivity contribution in [3.05, 3.63) is 29.8 Å². The Labute approximate surface area is 168 Å². The van der Waals surface area contributed by atoms with Crippen LogP contribution in [0.3, 0.4) is 0 Å². The zero-order chi connectivity index (χ0) is 21.0. The molecule has 1 N–H and O–H groups in total. The monoisotopic (exact) mass is 397 g/mol. The molecule has 1 aromatic carbocycles. The zero-order valence-electron chi connectivity index (χ0n) is 16.3. The Morgan fingerprint density at radius 3 is 2.24 bits per heavy atom. The normalized spacial score (nSPS) is 19.4. The van der Waals surface area contributed by atoms with Crippen molar-refractivity contribution in [2.75, 3.05) is 4.90 Å². The lowest BCUT2D eigenvalue weighted by molar-refractivity contribution is -0.130. The van der Waals surface area contributed by atoms with Crippen LogP contribution in [0.5, 0.6) is 0 Å². The van der Waals surface area contributed by atoms with E-state index in [1.165, 1.54) is 31.2 Å². The van der Waals surface area contributed by atoms with Gasteiger partial charge in [-0.3, -0.25) is 19.3 Å². The van der Waals surface area contributed by atoms with Crippen LogP contribution in [0.15, 0.2) is 24.3 Å². The van der Waals surface area contributed by atoms with E-state index in [1.54, 1.807) is 0 Å². The SMILES string of the molecule is C[C@H](OC(=O)c1ccc(N2C(=O)CCC2=O)cc1)C(=O)NC1(C#N)CCCCC1. The second-order valence-corrected chi connectivity index (χ2v) is 7.46. The highest BCUT2D eigenvalue weighted by Crippen LogP contribution is 2.28. The van der Waals surface area contributed by atoms with Crippen LogP contribution in [-0.4, -0.2) is 35.3 Å². The van der Waals surface area contributed by atoms with Crippen LogP contribution < -0.4 is 10.2 Å². The minimum Gasteiger partial charge on any atom is -0.449 e. The van der Waals surface area contributed by atoms with Gasteiger partial charge in [-0.05, 0) is 44.0 Å². The third-order valence-electron chi connectivity index (χ3n) is 5.35. The molecule has 3 rings (SSSR count). The fraction of sp³-hybridized carbons (Fsp3) is 0.476. The molecule has 1 atom stereocenters. The van der Waals surface area contributed by atoms with Gasteiger partial charge in [0.2, 0.25) is 11.8 Å². The number of nitriles is 1. The second-order valence-electron chi connectivity index (χ2n) is 7.46. The van der Waals surface area contributed by atoms with Crippen molar-refractivity contribution in [3.63, 3.8) is 0 Å². The molecule has 1 aromatic rings. The largest absolute Gasteiger partial charge is 0.449 e. The maximum atomic E-state index is 12.4. The number of hydrogen-bond donors (Lipinski definition) is 1. The smallest absolute Gasteiger partial charge is 0.338 e. The molecule has 152 valence electrons. The number of nitrogens with zero attached hydrogens (tertiary/aromatic N) is 2. The summed E-state index contributed by atoms with van der Waals surface area (Å²) in [6.45, 7) is 1.46. The Morgan fingerprint density at radius 2 is 1.69 bits per heavy atom. The molecule has 3 amide bonds. The molecule has 1 aliphatic heterocycles. The number of ether oxygens (including phenoxy) is 1. The number of carbonyl (C=O) groups is 4. The first-order valence-corrected chi connectivity index (χ1v) is 9.75. The quantitative estimate of drug-likeness (QED) is 0.601. The van der Waals surface area contributed by atoms with Gasteiger partial charge in [0.25, 0.3) is 5.91 Å². The number of hydrogen-bond acceptors (Lipinski definition) is 6. The molecule has 0 bridgehead atoms. The molecular formula is C21H23N3O5. The highest BCUT2D eigenvalue weighted by Gasteiger charge is 2.35. The average molecular weight is 397 g/mol. The van der Waals surface area contributed by atoms with Crippen molar-refractivity contribution in [3.8, 4) is 6.07 Å². The summed E-state index contributed by atoms with van der Waals surface area (Å²) in [5.74, 6) is -1.76. The molecule has 2 fully saturated rings. The van der Waals surface area contributed by atoms with E-state index in [0.717, 1.165) is 24.2 Å². The van der Waals surface area contributed by atoms with Crippen molar-refractivity contribution < 1.29 is 23.9 Å². The maximum Gasteiger partial charge on any atom is 0.338 e. The number of benzene rings is 1. The Hall–Kier alpha value is -3.21. The molecule has 1 saturated carbocycles. The number of rotatable bonds is 5. The first-order valence-electron chi connectivity index (χ1n) is 9.75. The van der Waals surface area contributed by atoms with E-state index in [-0.39, 0.29) is 30.2 Å². The molecule has 0 unspecified atom stereocenters. The topological polar surface area (TPSA) is 117 Å². The van der Waals surface area contributed by atoms with E-state index < -0.39 is 23.5 Å². The van der Waals surface area contributed by atoms with Gasteiger partial charge in [0.15, 0.2) is 6.10 Å². The van der Waals surface area contributed by atoms with Crippen LogP contribution in [0, 0.1) is 11.3 Å². The molecule has 1 aliphatic carbocycles. The Morgan fingerprint density at radius 1 is 1.10 bits per heavy atom. The fourth-order valence-electron chi connectivity index (χ4n) is 3.65. The van der Waals surface area contributed by atoms with Gasteiger partial charge in [-0.25, -0.2) is 4.79 Å². The van der Waals surface area contributed by atoms with E-state index in [4.69, 9.17) is 4.74 Å². The summed E-state index contributed by atoms with van der Waals surface area (Å²) in [4.78, 5) is 49.4. The number of nitrogens with one attached hydrogen (secondary N) is 1. The first-order chi connectivity index (χ1) is 13.8. The van der Waals surface area contributed by atoms with E-state index in [2.05, 4.69) is 11.4 Å². The Balaban J connectivity index is 1.60. The summed E-state index contributed by atoms with van der Waals surface area (Å²) in [5, 5.41) is 12.2. The van der Waals surface area contributed by atoms with Gasteiger partial charge < -0.3 is 10.1 Å². The standard InChI is InChI=1S/C21H23N3O5/c1-14(19(27)23-21(13-22)11-3-2-4-12-21)29-20(28)15-5-7-16(8-6-15)24-17(25)9-10-18(24)26/h5-8,14H,2-4,9-12H2,1H3,(H,23,27)/t14-/m0/s1. The summed E-state index contributed by atoms with van der Waals surface area (Å²) >= 11 is 0. The van der Waals surface area contributed by atoms with Crippen LogP contribution in [0.25, 0.3) is 0 Å². The molecule has 2 aliphatic rings. The lowest BCUT2D eigenvalue weighted by Crippen LogP contribution is -2.52. The lowest BCUT2D eigenvalue weighted by Gasteiger charge is -2.32. The van der Waals surface area contributed by atoms with Crippen molar-refractivity contribution in [1.82, 2.24) is 5.32 Å². The summed E-state index contributed by atoms with van der Waals surface area (Å²) in [7, 11) is 0. The highest BCUT2D eigenvalue weighted by atomic mass is 16.5. The first kappa shape index (κ1) is 20.5. The summed E-state index contributed by atoms with van der Waals surface area (Å²) < 4.78 is 5.23. The van der Waals surface area contributed by atoms with Crippen LogP contribution in [0.1, 0.15) is 62.2 Å². The van der Waals surface area contributed by atoms with Crippen LogP contribution in [0.4, 0.5) is 5.69 Å². The van der Waals surface area contributed by atoms with Crippen molar-refractivity contribution in [2.24, 2.45) is 0 Å². The minimum absolute atomic E-state index is 0.180. The van der Waals surface area contributed by atoms with Crippen molar-refractivity contribution in [2.45, 2.75) is 63.5 Å². The van der Waals surface area contributed by atoms with E-state index in [1.807, 2.05) is 0 Å². The van der Waals surface area contributed by atoms with Crippen molar-refractivity contribution >= 4 is 29.4 Å². The van der Waals surface area contributed by atoms with Gasteiger partial charge in [0.05, 0.1) is 17.3 Å². The summed E-state index contributed by atoms with van der Waals surface area (Å²) in [6, 6.07) is 8.07.